The van der Waals surface area contributed by atoms with E-state index in [2.05, 4.69) is 27.1 Å². The Morgan fingerprint density at radius 2 is 1.97 bits per heavy atom. The average Bonchev–Trinajstić information content (AvgIpc) is 2.86. The predicted molar refractivity (Wildman–Crippen MR) is 145 cm³/mol. The van der Waals surface area contributed by atoms with Gasteiger partial charge < -0.3 is 10.1 Å². The number of carbonyl (C=O) groups is 1. The van der Waals surface area contributed by atoms with Crippen LogP contribution in [0.4, 0.5) is 8.78 Å². The Kier molecular flexibility index (Phi) is 8.51. The quantitative estimate of drug-likeness (QED) is 0.239. The summed E-state index contributed by atoms with van der Waals surface area (Å²) >= 11 is 0.680. The van der Waals surface area contributed by atoms with Crippen LogP contribution in [0.3, 0.4) is 0 Å². The molecule has 0 unspecified atom stereocenters. The monoisotopic (exact) mass is 550 g/mol. The number of alkyl halides is 2. The van der Waals surface area contributed by atoms with Gasteiger partial charge in [-0.15, -0.1) is 0 Å². The molecule has 3 aromatic heterocycles. The molecule has 0 aromatic carbocycles. The van der Waals surface area contributed by atoms with E-state index < -0.39 is 18.0 Å². The van der Waals surface area contributed by atoms with Crippen LogP contribution in [0.25, 0.3) is 16.9 Å². The molecule has 12 heteroatoms. The minimum Gasteiger partial charge on any atom is -0.494 e. The number of halogens is 2. The summed E-state index contributed by atoms with van der Waals surface area (Å²) in [4.78, 5) is 33.8. The molecule has 3 N–H and O–H groups in total. The molecule has 0 atom stereocenters. The standard InChI is InChI=1S/C27H24F2N6O3S/c1-15-8-9-35(24(36)10-15)23-12-17(18-11-20(25(28)29)32-14-21(18)38-2)19(13-33-23)26(37)34-27(31)39-22(30)7-6-16-4-3-5-16/h8-14,16,25,30H,3-5H2,1-2H3,(H2,31,34,37). The second-order valence-corrected chi connectivity index (χ2v) is 9.74. The third-order valence-corrected chi connectivity index (χ3v) is 6.62. The van der Waals surface area contributed by atoms with Crippen LogP contribution in [0, 0.1) is 35.5 Å². The maximum atomic E-state index is 13.5. The Bertz CT molecular complexity index is 1570. The van der Waals surface area contributed by atoms with E-state index in [-0.39, 0.29) is 49.9 Å². The highest BCUT2D eigenvalue weighted by Crippen LogP contribution is 2.35. The number of methoxy groups -OCH3 is 1. The third kappa shape index (κ3) is 6.56. The van der Waals surface area contributed by atoms with Crippen LogP contribution >= 0.6 is 11.8 Å². The lowest BCUT2D eigenvalue weighted by molar-refractivity contribution is 0.0978. The van der Waals surface area contributed by atoms with Gasteiger partial charge in [0, 0.05) is 35.5 Å². The highest BCUT2D eigenvalue weighted by molar-refractivity contribution is 8.26. The molecule has 3 heterocycles. The smallest absolute Gasteiger partial charge is 0.280 e. The van der Waals surface area contributed by atoms with Crippen molar-refractivity contribution in [3.8, 4) is 34.5 Å². The molecule has 0 spiro atoms. The molecule has 1 aliphatic carbocycles. The first-order chi connectivity index (χ1) is 18.7. The predicted octanol–water partition coefficient (Wildman–Crippen LogP) is 4.73. The molecule has 0 radical (unpaired) electrons. The summed E-state index contributed by atoms with van der Waals surface area (Å²) in [5, 5.41) is 18.1. The van der Waals surface area contributed by atoms with Crippen molar-refractivity contribution < 1.29 is 18.3 Å². The minimum atomic E-state index is -2.88. The van der Waals surface area contributed by atoms with Gasteiger partial charge >= 0.3 is 0 Å². The number of hydrogen-bond donors (Lipinski definition) is 3. The number of carbonyl (C=O) groups excluding carboxylic acids is 1. The van der Waals surface area contributed by atoms with Gasteiger partial charge in [0.2, 0.25) is 0 Å². The van der Waals surface area contributed by atoms with Gasteiger partial charge in [-0.1, -0.05) is 12.3 Å². The molecule has 1 amide bonds. The van der Waals surface area contributed by atoms with E-state index in [4.69, 9.17) is 15.6 Å². The number of nitrogens with zero attached hydrogens (tertiary/aromatic N) is 3. The van der Waals surface area contributed by atoms with Crippen LogP contribution in [-0.4, -0.2) is 37.8 Å². The molecule has 4 rings (SSSR count). The van der Waals surface area contributed by atoms with E-state index in [1.54, 1.807) is 13.0 Å². The van der Waals surface area contributed by atoms with Crippen molar-refractivity contribution in [2.75, 3.05) is 7.11 Å². The molecule has 0 aliphatic heterocycles. The second kappa shape index (κ2) is 12.0. The van der Waals surface area contributed by atoms with Crippen molar-refractivity contribution in [3.63, 3.8) is 0 Å². The van der Waals surface area contributed by atoms with Crippen molar-refractivity contribution in [2.45, 2.75) is 32.6 Å². The van der Waals surface area contributed by atoms with Crippen molar-refractivity contribution in [1.82, 2.24) is 19.9 Å². The molecular formula is C27H24F2N6O3S. The first-order valence-corrected chi connectivity index (χ1v) is 12.7. The normalized spacial score (nSPS) is 12.7. The highest BCUT2D eigenvalue weighted by Gasteiger charge is 2.22. The van der Waals surface area contributed by atoms with Crippen LogP contribution in [0.5, 0.6) is 5.75 Å². The van der Waals surface area contributed by atoms with Crippen LogP contribution in [0.2, 0.25) is 0 Å². The van der Waals surface area contributed by atoms with Crippen molar-refractivity contribution >= 4 is 27.9 Å². The maximum absolute atomic E-state index is 13.5. The van der Waals surface area contributed by atoms with Gasteiger partial charge in [0.1, 0.15) is 22.3 Å². The number of amides is 1. The number of pyridine rings is 3. The molecule has 200 valence electrons. The maximum Gasteiger partial charge on any atom is 0.280 e. The number of aromatic nitrogens is 3. The van der Waals surface area contributed by atoms with E-state index >= 15 is 0 Å². The van der Waals surface area contributed by atoms with Gasteiger partial charge in [0.05, 0.1) is 18.9 Å². The fraction of sp³-hybridized carbons (Fsp3) is 0.259. The van der Waals surface area contributed by atoms with Crippen LogP contribution in [0.15, 0.2) is 47.7 Å². The van der Waals surface area contributed by atoms with Crippen LogP contribution in [-0.2, 0) is 0 Å². The molecule has 3 aromatic rings. The second-order valence-electron chi connectivity index (χ2n) is 8.72. The zero-order chi connectivity index (χ0) is 28.1. The third-order valence-electron chi connectivity index (χ3n) is 6.00. The molecule has 1 fully saturated rings. The van der Waals surface area contributed by atoms with E-state index in [0.29, 0.717) is 11.8 Å². The first kappa shape index (κ1) is 27.7. The minimum absolute atomic E-state index is 0.0685. The zero-order valence-corrected chi connectivity index (χ0v) is 21.9. The molecule has 9 nitrogen and oxygen atoms in total. The van der Waals surface area contributed by atoms with Gasteiger partial charge in [0.25, 0.3) is 17.9 Å². The largest absolute Gasteiger partial charge is 0.494 e. The van der Waals surface area contributed by atoms with E-state index in [1.807, 2.05) is 0 Å². The molecule has 1 saturated carbocycles. The Hall–Kier alpha value is -4.37. The lowest BCUT2D eigenvalue weighted by Gasteiger charge is -2.18. The Balaban J connectivity index is 1.72. The van der Waals surface area contributed by atoms with Crippen LogP contribution < -0.4 is 15.6 Å². The summed E-state index contributed by atoms with van der Waals surface area (Å²) in [5.74, 6) is 5.41. The van der Waals surface area contributed by atoms with Gasteiger partial charge in [0.15, 0.2) is 5.17 Å². The molecule has 39 heavy (non-hydrogen) atoms. The highest BCUT2D eigenvalue weighted by atomic mass is 32.2. The summed E-state index contributed by atoms with van der Waals surface area (Å²) in [6, 6.07) is 5.61. The van der Waals surface area contributed by atoms with E-state index in [9.17, 15) is 18.4 Å². The van der Waals surface area contributed by atoms with Gasteiger partial charge in [-0.25, -0.2) is 13.8 Å². The van der Waals surface area contributed by atoms with E-state index in [0.717, 1.165) is 37.1 Å². The number of amidine groups is 1. The molecule has 0 saturated heterocycles. The summed E-state index contributed by atoms with van der Waals surface area (Å²) in [7, 11) is 1.33. The zero-order valence-electron chi connectivity index (χ0n) is 21.0. The van der Waals surface area contributed by atoms with Crippen molar-refractivity contribution in [3.05, 3.63) is 70.0 Å². The Labute approximate surface area is 227 Å². The fourth-order valence-electron chi connectivity index (χ4n) is 3.74. The lowest BCUT2D eigenvalue weighted by atomic mass is 9.86. The Morgan fingerprint density at radius 3 is 2.62 bits per heavy atom. The number of hydrogen-bond acceptors (Lipinski definition) is 8. The van der Waals surface area contributed by atoms with Gasteiger partial charge in [-0.3, -0.25) is 30.0 Å². The number of thioether (sulfide) groups is 1. The number of aryl methyl sites for hydroxylation is 1. The number of rotatable bonds is 5. The Morgan fingerprint density at radius 1 is 1.21 bits per heavy atom. The first-order valence-electron chi connectivity index (χ1n) is 11.9. The van der Waals surface area contributed by atoms with Crippen molar-refractivity contribution in [1.29, 1.82) is 10.8 Å². The molecule has 1 aliphatic rings. The fourth-order valence-corrected chi connectivity index (χ4v) is 4.20. The number of nitrogens with one attached hydrogen (secondary N) is 3. The summed E-state index contributed by atoms with van der Waals surface area (Å²) in [6.07, 6.45) is 4.03. The SMILES string of the molecule is COc1cnc(C(F)F)cc1-c1cc(-n2ccc(C)cc2=O)ncc1C(=O)NC(=N)SC(=N)C#CC1CCC1. The van der Waals surface area contributed by atoms with Crippen LogP contribution in [0.1, 0.15) is 47.3 Å². The molecular weight excluding hydrogens is 526 g/mol. The summed E-state index contributed by atoms with van der Waals surface area (Å²) < 4.78 is 33.6. The van der Waals surface area contributed by atoms with E-state index in [1.165, 1.54) is 36.2 Å². The lowest BCUT2D eigenvalue weighted by Crippen LogP contribution is -2.29. The van der Waals surface area contributed by atoms with Gasteiger partial charge in [-0.05, 0) is 61.2 Å². The summed E-state index contributed by atoms with van der Waals surface area (Å²) in [5.41, 5.74) is 0.00816. The molecule has 0 bridgehead atoms. The number of ether oxygens (including phenoxy) is 1. The average molecular weight is 551 g/mol. The summed E-state index contributed by atoms with van der Waals surface area (Å²) in [6.45, 7) is 1.76. The topological polar surface area (TPSA) is 134 Å². The van der Waals surface area contributed by atoms with Gasteiger partial charge in [-0.2, -0.15) is 0 Å². The van der Waals surface area contributed by atoms with Crippen molar-refractivity contribution in [2.24, 2.45) is 5.92 Å².